The third-order valence-corrected chi connectivity index (χ3v) is 7.72. The number of carbonyl (C=O) groups is 1. The van der Waals surface area contributed by atoms with E-state index in [1.807, 2.05) is 42.3 Å². The SMILES string of the molecule is Cc1nn(C)cc1CN1CC2(CC(NC(=O)N3[C@H](C)CN(c4ncc(C(F)(F)F)cn4)C[C@@H]3C)C2)C1. The highest BCUT2D eigenvalue weighted by atomic mass is 19.4. The Kier molecular flexibility index (Phi) is 6.12. The molecule has 1 saturated carbocycles. The Bertz CT molecular complexity index is 1090. The van der Waals surface area contributed by atoms with E-state index in [9.17, 15) is 18.0 Å². The number of amides is 2. The average Bonchev–Trinajstić information content (AvgIpc) is 3.06. The van der Waals surface area contributed by atoms with E-state index in [2.05, 4.69) is 31.5 Å². The van der Waals surface area contributed by atoms with E-state index in [1.54, 1.807) is 0 Å². The number of hydrogen-bond donors (Lipinski definition) is 1. The molecule has 3 fully saturated rings. The molecule has 1 N–H and O–H groups in total. The number of nitrogens with zero attached hydrogens (tertiary/aromatic N) is 7. The van der Waals surface area contributed by atoms with Crippen LogP contribution in [0.3, 0.4) is 0 Å². The Morgan fingerprint density at radius 2 is 1.75 bits per heavy atom. The quantitative estimate of drug-likeness (QED) is 0.687. The van der Waals surface area contributed by atoms with Crippen LogP contribution in [0, 0.1) is 12.3 Å². The summed E-state index contributed by atoms with van der Waals surface area (Å²) in [5.41, 5.74) is 1.78. The van der Waals surface area contributed by atoms with E-state index in [0.717, 1.165) is 50.6 Å². The van der Waals surface area contributed by atoms with Gasteiger partial charge in [0.2, 0.25) is 5.95 Å². The van der Waals surface area contributed by atoms with E-state index in [0.29, 0.717) is 18.5 Å². The number of nitrogens with one attached hydrogen (secondary N) is 1. The highest BCUT2D eigenvalue weighted by molar-refractivity contribution is 5.76. The first-order valence-electron chi connectivity index (χ1n) is 12.4. The lowest BCUT2D eigenvalue weighted by atomic mass is 9.60. The molecule has 5 rings (SSSR count). The fraction of sp³-hybridized carbons (Fsp3) is 0.667. The van der Waals surface area contributed by atoms with Crippen molar-refractivity contribution in [3.05, 3.63) is 35.4 Å². The van der Waals surface area contributed by atoms with Crippen LogP contribution in [0.2, 0.25) is 0 Å². The number of aromatic nitrogens is 4. The van der Waals surface area contributed by atoms with Gasteiger partial charge in [0.05, 0.1) is 11.3 Å². The maximum absolute atomic E-state index is 13.1. The normalized spacial score (nSPS) is 24.5. The van der Waals surface area contributed by atoms with Crippen molar-refractivity contribution in [3.8, 4) is 0 Å². The number of carbonyl (C=O) groups excluding carboxylic acids is 1. The predicted octanol–water partition coefficient (Wildman–Crippen LogP) is 2.81. The molecule has 196 valence electrons. The van der Waals surface area contributed by atoms with Gasteiger partial charge in [-0.3, -0.25) is 9.58 Å². The number of hydrogen-bond acceptors (Lipinski definition) is 6. The molecule has 9 nitrogen and oxygen atoms in total. The van der Waals surface area contributed by atoms with Gasteiger partial charge in [-0.05, 0) is 39.0 Å². The van der Waals surface area contributed by atoms with E-state index in [4.69, 9.17) is 0 Å². The Balaban J connectivity index is 1.09. The molecule has 2 aromatic heterocycles. The molecule has 0 bridgehead atoms. The Hall–Kier alpha value is -2.89. The summed E-state index contributed by atoms with van der Waals surface area (Å²) in [4.78, 5) is 27.0. The second-order valence-electron chi connectivity index (χ2n) is 10.9. The molecule has 2 atom stereocenters. The number of piperazine rings is 1. The van der Waals surface area contributed by atoms with Crippen LogP contribution in [0.15, 0.2) is 18.6 Å². The summed E-state index contributed by atoms with van der Waals surface area (Å²) >= 11 is 0. The van der Waals surface area contributed by atoms with Crippen molar-refractivity contribution in [1.29, 1.82) is 0 Å². The van der Waals surface area contributed by atoms with Crippen LogP contribution >= 0.6 is 0 Å². The van der Waals surface area contributed by atoms with Crippen LogP contribution in [-0.2, 0) is 19.8 Å². The van der Waals surface area contributed by atoms with Crippen LogP contribution < -0.4 is 10.2 Å². The molecule has 12 heteroatoms. The van der Waals surface area contributed by atoms with Gasteiger partial charge in [-0.25, -0.2) is 14.8 Å². The van der Waals surface area contributed by atoms with Crippen molar-refractivity contribution in [2.45, 2.75) is 64.5 Å². The maximum Gasteiger partial charge on any atom is 0.419 e. The first kappa shape index (κ1) is 24.8. The smallest absolute Gasteiger partial charge is 0.337 e. The summed E-state index contributed by atoms with van der Waals surface area (Å²) in [5.74, 6) is 0.249. The fourth-order valence-corrected chi connectivity index (χ4v) is 6.17. The number of likely N-dealkylation sites (tertiary alicyclic amines) is 1. The van der Waals surface area contributed by atoms with Crippen molar-refractivity contribution in [2.75, 3.05) is 31.1 Å². The molecule has 2 aliphatic heterocycles. The molecule has 2 amide bonds. The zero-order valence-electron chi connectivity index (χ0n) is 21.1. The third kappa shape index (κ3) is 4.74. The number of halogens is 3. The molecular formula is C24H33F3N8O. The van der Waals surface area contributed by atoms with Crippen molar-refractivity contribution >= 4 is 12.0 Å². The molecule has 3 aliphatic rings. The molecule has 0 unspecified atom stereocenters. The van der Waals surface area contributed by atoms with Gasteiger partial charge in [0, 0.05) is 82.1 Å². The minimum Gasteiger partial charge on any atom is -0.337 e. The van der Waals surface area contributed by atoms with Crippen LogP contribution in [0.4, 0.5) is 23.9 Å². The highest BCUT2D eigenvalue weighted by Gasteiger charge is 2.53. The van der Waals surface area contributed by atoms with Crippen molar-refractivity contribution < 1.29 is 18.0 Å². The molecule has 2 saturated heterocycles. The number of alkyl halides is 3. The largest absolute Gasteiger partial charge is 0.419 e. The first-order chi connectivity index (χ1) is 16.9. The predicted molar refractivity (Wildman–Crippen MR) is 127 cm³/mol. The molecule has 0 aromatic carbocycles. The zero-order chi connectivity index (χ0) is 25.8. The number of urea groups is 1. The van der Waals surface area contributed by atoms with Gasteiger partial charge < -0.3 is 15.1 Å². The van der Waals surface area contributed by atoms with E-state index < -0.39 is 11.7 Å². The minimum atomic E-state index is -4.47. The van der Waals surface area contributed by atoms with Gasteiger partial charge in [-0.1, -0.05) is 0 Å². The summed E-state index contributed by atoms with van der Waals surface area (Å²) in [7, 11) is 1.94. The second-order valence-corrected chi connectivity index (χ2v) is 10.9. The van der Waals surface area contributed by atoms with Gasteiger partial charge in [0.15, 0.2) is 0 Å². The molecule has 0 radical (unpaired) electrons. The van der Waals surface area contributed by atoms with Crippen molar-refractivity contribution in [3.63, 3.8) is 0 Å². The summed E-state index contributed by atoms with van der Waals surface area (Å²) < 4.78 is 40.3. The number of anilines is 1. The zero-order valence-corrected chi connectivity index (χ0v) is 21.1. The standard InChI is InChI=1S/C24H33F3N8O/c1-15-9-34(21-28-7-19(8-29-21)24(25,26)27)10-16(2)35(15)22(36)30-20-5-23(6-20)13-33(14-23)12-18-11-32(4)31-17(18)3/h7-8,11,15-16,20H,5-6,9-10,12-14H2,1-4H3,(H,30,36)/t15-,16+. The van der Waals surface area contributed by atoms with Gasteiger partial charge in [-0.15, -0.1) is 0 Å². The summed E-state index contributed by atoms with van der Waals surface area (Å²) in [6, 6.07) is -0.161. The number of rotatable bonds is 4. The van der Waals surface area contributed by atoms with Gasteiger partial charge in [0.1, 0.15) is 0 Å². The molecular weight excluding hydrogens is 473 g/mol. The van der Waals surface area contributed by atoms with Crippen molar-refractivity contribution in [2.24, 2.45) is 12.5 Å². The summed E-state index contributed by atoms with van der Waals surface area (Å²) in [6.45, 7) is 9.86. The minimum absolute atomic E-state index is 0.0787. The van der Waals surface area contributed by atoms with Crippen LogP contribution in [0.1, 0.15) is 43.5 Å². The van der Waals surface area contributed by atoms with Gasteiger partial charge in [-0.2, -0.15) is 18.3 Å². The van der Waals surface area contributed by atoms with Crippen LogP contribution in [-0.4, -0.2) is 79.9 Å². The monoisotopic (exact) mass is 506 g/mol. The molecule has 1 aliphatic carbocycles. The van der Waals surface area contributed by atoms with E-state index >= 15 is 0 Å². The maximum atomic E-state index is 13.1. The molecule has 2 aromatic rings. The fourth-order valence-electron chi connectivity index (χ4n) is 6.17. The van der Waals surface area contributed by atoms with E-state index in [-0.39, 0.29) is 30.1 Å². The lowest BCUT2D eigenvalue weighted by molar-refractivity contribution is -0.138. The molecule has 36 heavy (non-hydrogen) atoms. The third-order valence-electron chi connectivity index (χ3n) is 7.72. The Labute approximate surface area is 208 Å². The first-order valence-corrected chi connectivity index (χ1v) is 12.4. The van der Waals surface area contributed by atoms with Crippen LogP contribution in [0.5, 0.6) is 0 Å². The van der Waals surface area contributed by atoms with Crippen molar-refractivity contribution in [1.82, 2.24) is 34.9 Å². The lowest BCUT2D eigenvalue weighted by Crippen LogP contribution is -2.68. The highest BCUT2D eigenvalue weighted by Crippen LogP contribution is 2.49. The molecule has 4 heterocycles. The Morgan fingerprint density at radius 1 is 1.14 bits per heavy atom. The van der Waals surface area contributed by atoms with E-state index in [1.165, 1.54) is 5.56 Å². The summed E-state index contributed by atoms with van der Waals surface area (Å²) in [5, 5.41) is 7.62. The average molecular weight is 507 g/mol. The Morgan fingerprint density at radius 3 is 2.28 bits per heavy atom. The second kappa shape index (κ2) is 8.89. The van der Waals surface area contributed by atoms with Gasteiger partial charge >= 0.3 is 12.2 Å². The number of aryl methyl sites for hydroxylation is 2. The molecule has 1 spiro atoms. The summed E-state index contributed by atoms with van der Waals surface area (Å²) in [6.07, 6.45) is 1.21. The van der Waals surface area contributed by atoms with Gasteiger partial charge in [0.25, 0.3) is 0 Å². The van der Waals surface area contributed by atoms with Crippen LogP contribution in [0.25, 0.3) is 0 Å². The topological polar surface area (TPSA) is 82.4 Å². The lowest BCUT2D eigenvalue weighted by Gasteiger charge is -2.59.